The average molecular weight is 659 g/mol. The van der Waals surface area contributed by atoms with Crippen molar-refractivity contribution in [1.82, 2.24) is 25.4 Å². The maximum Gasteiger partial charge on any atom is 0.270 e. The summed E-state index contributed by atoms with van der Waals surface area (Å²) in [5.74, 6) is -1.71. The molecule has 2 saturated heterocycles. The highest BCUT2D eigenvalue weighted by Gasteiger charge is 2.40. The van der Waals surface area contributed by atoms with Crippen molar-refractivity contribution in [2.24, 2.45) is 5.92 Å². The summed E-state index contributed by atoms with van der Waals surface area (Å²) in [6.45, 7) is 1.96. The summed E-state index contributed by atoms with van der Waals surface area (Å²) in [5.41, 5.74) is 2.74. The number of carbonyl (C=O) groups is 4. The normalized spacial score (nSPS) is 21.8. The van der Waals surface area contributed by atoms with Crippen LogP contribution in [0.15, 0.2) is 54.6 Å². The van der Waals surface area contributed by atoms with Gasteiger partial charge in [0.25, 0.3) is 5.91 Å². The highest BCUT2D eigenvalue weighted by molar-refractivity contribution is 5.98. The van der Waals surface area contributed by atoms with Gasteiger partial charge in [-0.15, -0.1) is 0 Å². The van der Waals surface area contributed by atoms with Crippen molar-refractivity contribution in [3.63, 3.8) is 0 Å². The lowest BCUT2D eigenvalue weighted by atomic mass is 9.99. The minimum Gasteiger partial charge on any atom is -0.348 e. The lowest BCUT2D eigenvalue weighted by Gasteiger charge is -2.26. The summed E-state index contributed by atoms with van der Waals surface area (Å²) in [7, 11) is 1.94. The number of likely N-dealkylation sites (tertiary alicyclic amines) is 2. The van der Waals surface area contributed by atoms with Crippen LogP contribution in [0.3, 0.4) is 0 Å². The smallest absolute Gasteiger partial charge is 0.270 e. The third-order valence-electron chi connectivity index (χ3n) is 9.33. The van der Waals surface area contributed by atoms with Crippen LogP contribution in [0.4, 0.5) is 14.5 Å². The zero-order valence-corrected chi connectivity index (χ0v) is 27.0. The van der Waals surface area contributed by atoms with Crippen LogP contribution in [0.5, 0.6) is 0 Å². The Bertz CT molecular complexity index is 1760. The molecule has 3 fully saturated rings. The van der Waals surface area contributed by atoms with Gasteiger partial charge in [-0.25, -0.2) is 13.8 Å². The first kappa shape index (κ1) is 33.2. The number of anilines is 1. The first-order valence-corrected chi connectivity index (χ1v) is 16.5. The number of amides is 4. The quantitative estimate of drug-likeness (QED) is 0.297. The molecule has 0 radical (unpaired) electrons. The van der Waals surface area contributed by atoms with Gasteiger partial charge in [0.1, 0.15) is 23.7 Å². The number of pyridine rings is 1. The second-order valence-corrected chi connectivity index (χ2v) is 13.0. The van der Waals surface area contributed by atoms with E-state index in [2.05, 4.69) is 27.0 Å². The molecule has 2 aromatic carbocycles. The lowest BCUT2D eigenvalue weighted by Crippen LogP contribution is -2.49. The molecular weight excluding hydrogens is 618 g/mol. The van der Waals surface area contributed by atoms with Gasteiger partial charge in [-0.05, 0) is 99.6 Å². The van der Waals surface area contributed by atoms with E-state index < -0.39 is 48.3 Å². The van der Waals surface area contributed by atoms with E-state index in [9.17, 15) is 28.0 Å². The van der Waals surface area contributed by atoms with Gasteiger partial charge in [0, 0.05) is 17.5 Å². The number of benzene rings is 2. The molecule has 4 atom stereocenters. The summed E-state index contributed by atoms with van der Waals surface area (Å²) in [4.78, 5) is 59.9. The van der Waals surface area contributed by atoms with Crippen molar-refractivity contribution in [1.29, 1.82) is 0 Å². The Morgan fingerprint density at radius 1 is 1.02 bits per heavy atom. The molecule has 0 bridgehead atoms. The zero-order valence-electron chi connectivity index (χ0n) is 27.0. The molecule has 3 aliphatic rings. The van der Waals surface area contributed by atoms with Crippen molar-refractivity contribution in [3.8, 4) is 0 Å². The molecule has 3 aromatic rings. The Balaban J connectivity index is 1.11. The lowest BCUT2D eigenvalue weighted by molar-refractivity contribution is -0.138. The monoisotopic (exact) mass is 658 g/mol. The van der Waals surface area contributed by atoms with E-state index in [0.717, 1.165) is 48.3 Å². The van der Waals surface area contributed by atoms with Crippen LogP contribution in [-0.2, 0) is 14.4 Å². The van der Waals surface area contributed by atoms with Gasteiger partial charge in [0.15, 0.2) is 0 Å². The number of hydrogen-bond donors (Lipinski definition) is 3. The van der Waals surface area contributed by atoms with E-state index in [4.69, 9.17) is 0 Å². The van der Waals surface area contributed by atoms with Crippen molar-refractivity contribution >= 4 is 46.3 Å². The van der Waals surface area contributed by atoms with E-state index in [1.165, 1.54) is 24.3 Å². The molecule has 0 unspecified atom stereocenters. The number of rotatable bonds is 10. The summed E-state index contributed by atoms with van der Waals surface area (Å²) in [6.07, 6.45) is 6.64. The van der Waals surface area contributed by atoms with E-state index in [1.807, 2.05) is 43.1 Å². The number of alkyl halides is 1. The molecule has 12 heteroatoms. The molecule has 48 heavy (non-hydrogen) atoms. The fourth-order valence-corrected chi connectivity index (χ4v) is 6.44. The van der Waals surface area contributed by atoms with Crippen LogP contribution in [0.2, 0.25) is 0 Å². The first-order valence-electron chi connectivity index (χ1n) is 16.5. The molecular formula is C36H40F2N6O4. The number of aromatic nitrogens is 1. The average Bonchev–Trinajstić information content (AvgIpc) is 3.66. The highest BCUT2D eigenvalue weighted by Crippen LogP contribution is 2.32. The van der Waals surface area contributed by atoms with Gasteiger partial charge >= 0.3 is 0 Å². The van der Waals surface area contributed by atoms with Crippen LogP contribution in [0.1, 0.15) is 66.7 Å². The molecule has 1 aliphatic carbocycles. The second-order valence-electron chi connectivity index (χ2n) is 13.0. The van der Waals surface area contributed by atoms with Crippen LogP contribution in [-0.4, -0.2) is 83.3 Å². The van der Waals surface area contributed by atoms with Gasteiger partial charge in [0.05, 0.1) is 30.7 Å². The summed E-state index contributed by atoms with van der Waals surface area (Å²) in [6, 6.07) is 10.8. The Morgan fingerprint density at radius 3 is 2.58 bits per heavy atom. The predicted molar refractivity (Wildman–Crippen MR) is 178 cm³/mol. The Hall–Kier alpha value is -4.71. The Kier molecular flexibility index (Phi) is 9.81. The van der Waals surface area contributed by atoms with Gasteiger partial charge < -0.3 is 20.9 Å². The van der Waals surface area contributed by atoms with Crippen molar-refractivity contribution in [2.45, 2.75) is 63.3 Å². The number of carbonyl (C=O) groups excluding carboxylic acids is 4. The SMILES string of the molecule is C[C@H](NC(=O)[C@@H]1C[C@@H](F)CN1C(=O)CNC(=O)c1ccc2cc(F)ccc2n1)c1cc(NC(=O)[C@@H]2CCCN2C)ccc1/C=C/C1CC1. The minimum atomic E-state index is -1.40. The Morgan fingerprint density at radius 2 is 1.83 bits per heavy atom. The largest absolute Gasteiger partial charge is 0.348 e. The number of nitrogens with one attached hydrogen (secondary N) is 3. The molecule has 1 aromatic heterocycles. The van der Waals surface area contributed by atoms with E-state index in [0.29, 0.717) is 22.5 Å². The van der Waals surface area contributed by atoms with Crippen LogP contribution >= 0.6 is 0 Å². The predicted octanol–water partition coefficient (Wildman–Crippen LogP) is 4.38. The standard InChI is InChI=1S/C36H40F2N6O4/c1-21(28-18-27(12-9-23(28)8-7-22-5-6-22)41-35(47)31-4-3-15-43(31)2)40-36(48)32-17-26(38)20-44(32)33(45)19-39-34(46)30-13-10-24-16-25(37)11-14-29(24)42-30/h7-14,16,18,21-22,26,31-32H,3-6,15,17,19-20H2,1-2H3,(H,39,46)(H,40,48)(H,41,47)/b8-7+/t21-,26+,31-,32-/m0/s1. The number of likely N-dealkylation sites (N-methyl/N-ethyl adjacent to an activating group) is 1. The highest BCUT2D eigenvalue weighted by atomic mass is 19.1. The van der Waals surface area contributed by atoms with Gasteiger partial charge in [-0.1, -0.05) is 24.3 Å². The van der Waals surface area contributed by atoms with E-state index in [-0.39, 0.29) is 30.6 Å². The minimum absolute atomic E-state index is 0.0371. The molecule has 2 aliphatic heterocycles. The van der Waals surface area contributed by atoms with E-state index in [1.54, 1.807) is 6.07 Å². The fraction of sp³-hybridized carbons (Fsp3) is 0.417. The summed E-state index contributed by atoms with van der Waals surface area (Å²) < 4.78 is 28.2. The molecule has 10 nitrogen and oxygen atoms in total. The topological polar surface area (TPSA) is 124 Å². The Labute approximate surface area is 277 Å². The number of nitrogens with zero attached hydrogens (tertiary/aromatic N) is 3. The molecule has 1 saturated carbocycles. The van der Waals surface area contributed by atoms with Gasteiger partial charge in [0.2, 0.25) is 17.7 Å². The van der Waals surface area contributed by atoms with Gasteiger partial charge in [-0.2, -0.15) is 0 Å². The van der Waals surface area contributed by atoms with Gasteiger partial charge in [-0.3, -0.25) is 24.1 Å². The van der Waals surface area contributed by atoms with Crippen molar-refractivity contribution < 1.29 is 28.0 Å². The van der Waals surface area contributed by atoms with Crippen molar-refractivity contribution in [3.05, 3.63) is 77.2 Å². The maximum atomic E-state index is 14.7. The second kappa shape index (κ2) is 14.2. The third-order valence-corrected chi connectivity index (χ3v) is 9.33. The molecule has 252 valence electrons. The first-order chi connectivity index (χ1) is 23.0. The maximum absolute atomic E-state index is 14.7. The summed E-state index contributed by atoms with van der Waals surface area (Å²) in [5, 5.41) is 9.02. The molecule has 3 heterocycles. The van der Waals surface area contributed by atoms with Crippen molar-refractivity contribution in [2.75, 3.05) is 32.0 Å². The third kappa shape index (κ3) is 7.70. The zero-order chi connectivity index (χ0) is 33.9. The van der Waals surface area contributed by atoms with Crippen LogP contribution < -0.4 is 16.0 Å². The van der Waals surface area contributed by atoms with Crippen LogP contribution in [0, 0.1) is 11.7 Å². The van der Waals surface area contributed by atoms with E-state index >= 15 is 0 Å². The number of hydrogen-bond acceptors (Lipinski definition) is 6. The molecule has 3 N–H and O–H groups in total. The number of fused-ring (bicyclic) bond motifs is 1. The number of halogens is 2. The van der Waals surface area contributed by atoms with Crippen LogP contribution in [0.25, 0.3) is 17.0 Å². The summed E-state index contributed by atoms with van der Waals surface area (Å²) >= 11 is 0. The molecule has 0 spiro atoms. The fourth-order valence-electron chi connectivity index (χ4n) is 6.44. The molecule has 4 amide bonds. The number of allylic oxidation sites excluding steroid dienone is 1. The molecule has 6 rings (SSSR count).